The van der Waals surface area contributed by atoms with Crippen LogP contribution in [0.15, 0.2) is 0 Å². The molecule has 96 valence electrons. The van der Waals surface area contributed by atoms with Crippen LogP contribution in [0.1, 0.15) is 32.6 Å². The maximum absolute atomic E-state index is 11.7. The first-order chi connectivity index (χ1) is 7.13. The molecule has 16 heavy (non-hydrogen) atoms. The Balaban J connectivity index is 0.00000225. The molecule has 1 aliphatic carbocycles. The van der Waals surface area contributed by atoms with Crippen molar-refractivity contribution in [2.45, 2.75) is 44.7 Å². The van der Waals surface area contributed by atoms with Gasteiger partial charge in [-0.25, -0.2) is 0 Å². The maximum Gasteiger partial charge on any atom is 0.225 e. The van der Waals surface area contributed by atoms with Crippen molar-refractivity contribution in [1.29, 1.82) is 0 Å². The van der Waals surface area contributed by atoms with Crippen LogP contribution in [0.2, 0.25) is 0 Å². The van der Waals surface area contributed by atoms with Gasteiger partial charge in [-0.3, -0.25) is 4.79 Å². The van der Waals surface area contributed by atoms with E-state index in [4.69, 9.17) is 10.5 Å². The lowest BCUT2D eigenvalue weighted by Crippen LogP contribution is -2.44. The molecular formula is C11H23ClN2O2. The van der Waals surface area contributed by atoms with E-state index in [0.29, 0.717) is 6.61 Å². The summed E-state index contributed by atoms with van der Waals surface area (Å²) >= 11 is 0. The molecule has 1 aliphatic rings. The Morgan fingerprint density at radius 2 is 2.25 bits per heavy atom. The third kappa shape index (κ3) is 5.14. The Hall–Kier alpha value is -0.320. The van der Waals surface area contributed by atoms with E-state index in [1.807, 2.05) is 6.92 Å². The van der Waals surface area contributed by atoms with Crippen molar-refractivity contribution in [3.05, 3.63) is 0 Å². The van der Waals surface area contributed by atoms with Crippen molar-refractivity contribution < 1.29 is 9.53 Å². The van der Waals surface area contributed by atoms with E-state index < -0.39 is 0 Å². The minimum absolute atomic E-state index is 0. The zero-order valence-corrected chi connectivity index (χ0v) is 10.9. The fourth-order valence-electron chi connectivity index (χ4n) is 2.03. The fraction of sp³-hybridized carbons (Fsp3) is 0.909. The van der Waals surface area contributed by atoms with Crippen molar-refractivity contribution in [3.63, 3.8) is 0 Å². The summed E-state index contributed by atoms with van der Waals surface area (Å²) in [6.07, 6.45) is 4.16. The highest BCUT2D eigenvalue weighted by atomic mass is 35.5. The standard InChI is InChI=1S/C11H22N2O2.ClH/c1-8(7-15-2)11(14)13-10-5-3-4-9(12)6-10;/h8-10H,3-7,12H2,1-2H3,(H,13,14);1H. The number of rotatable bonds is 4. The van der Waals surface area contributed by atoms with Crippen LogP contribution in [0.4, 0.5) is 0 Å². The Morgan fingerprint density at radius 1 is 1.56 bits per heavy atom. The molecule has 0 saturated heterocycles. The highest BCUT2D eigenvalue weighted by Crippen LogP contribution is 2.17. The van der Waals surface area contributed by atoms with Crippen LogP contribution in [0.25, 0.3) is 0 Å². The Labute approximate surface area is 104 Å². The van der Waals surface area contributed by atoms with E-state index in [1.165, 1.54) is 0 Å². The number of hydrogen-bond donors (Lipinski definition) is 2. The second kappa shape index (κ2) is 7.87. The van der Waals surface area contributed by atoms with Crippen LogP contribution < -0.4 is 11.1 Å². The predicted molar refractivity (Wildman–Crippen MR) is 66.7 cm³/mol. The monoisotopic (exact) mass is 250 g/mol. The molecule has 0 bridgehead atoms. The van der Waals surface area contributed by atoms with Crippen molar-refractivity contribution in [3.8, 4) is 0 Å². The summed E-state index contributed by atoms with van der Waals surface area (Å²) in [6, 6.07) is 0.516. The molecule has 3 N–H and O–H groups in total. The Kier molecular flexibility index (Phi) is 7.72. The number of amides is 1. The van der Waals surface area contributed by atoms with E-state index in [1.54, 1.807) is 7.11 Å². The summed E-state index contributed by atoms with van der Waals surface area (Å²) < 4.78 is 4.95. The zero-order valence-electron chi connectivity index (χ0n) is 10.1. The first-order valence-corrected chi connectivity index (χ1v) is 5.68. The number of ether oxygens (including phenoxy) is 1. The quantitative estimate of drug-likeness (QED) is 0.785. The summed E-state index contributed by atoms with van der Waals surface area (Å²) in [5.41, 5.74) is 5.86. The van der Waals surface area contributed by atoms with Crippen molar-refractivity contribution in [2.24, 2.45) is 11.7 Å². The molecule has 0 aromatic heterocycles. The Bertz CT molecular complexity index is 214. The number of hydrogen-bond acceptors (Lipinski definition) is 3. The number of carbonyl (C=O) groups excluding carboxylic acids is 1. The molecule has 4 nitrogen and oxygen atoms in total. The van der Waals surface area contributed by atoms with Crippen molar-refractivity contribution >= 4 is 18.3 Å². The normalized spacial score (nSPS) is 26.7. The molecule has 5 heteroatoms. The van der Waals surface area contributed by atoms with E-state index in [-0.39, 0.29) is 36.3 Å². The lowest BCUT2D eigenvalue weighted by molar-refractivity contribution is -0.126. The molecule has 1 amide bonds. The van der Waals surface area contributed by atoms with Crippen LogP contribution in [0, 0.1) is 5.92 Å². The number of methoxy groups -OCH3 is 1. The minimum Gasteiger partial charge on any atom is -0.384 e. The maximum atomic E-state index is 11.7. The highest BCUT2D eigenvalue weighted by Gasteiger charge is 2.22. The molecular weight excluding hydrogens is 228 g/mol. The van der Waals surface area contributed by atoms with Gasteiger partial charge in [0, 0.05) is 19.2 Å². The van der Waals surface area contributed by atoms with Gasteiger partial charge in [0.2, 0.25) is 5.91 Å². The lowest BCUT2D eigenvalue weighted by Gasteiger charge is -2.28. The fourth-order valence-corrected chi connectivity index (χ4v) is 2.03. The van der Waals surface area contributed by atoms with Crippen LogP contribution in [0.3, 0.4) is 0 Å². The molecule has 0 radical (unpaired) electrons. The third-order valence-corrected chi connectivity index (χ3v) is 2.93. The van der Waals surface area contributed by atoms with Crippen LogP contribution in [-0.2, 0) is 9.53 Å². The minimum atomic E-state index is -0.0758. The van der Waals surface area contributed by atoms with Gasteiger partial charge in [0.05, 0.1) is 12.5 Å². The second-order valence-corrected chi connectivity index (χ2v) is 4.49. The highest BCUT2D eigenvalue weighted by molar-refractivity contribution is 5.85. The van der Waals surface area contributed by atoms with Gasteiger partial charge in [-0.15, -0.1) is 12.4 Å². The molecule has 1 saturated carbocycles. The first-order valence-electron chi connectivity index (χ1n) is 5.68. The zero-order chi connectivity index (χ0) is 11.3. The summed E-state index contributed by atoms with van der Waals surface area (Å²) in [4.78, 5) is 11.7. The molecule has 0 heterocycles. The Morgan fingerprint density at radius 3 is 2.81 bits per heavy atom. The molecule has 1 rings (SSSR count). The van der Waals surface area contributed by atoms with Gasteiger partial charge in [-0.1, -0.05) is 6.92 Å². The van der Waals surface area contributed by atoms with Crippen LogP contribution in [0.5, 0.6) is 0 Å². The third-order valence-electron chi connectivity index (χ3n) is 2.93. The SMILES string of the molecule is COCC(C)C(=O)NC1CCCC(N)C1.Cl. The van der Waals surface area contributed by atoms with Gasteiger partial charge < -0.3 is 15.8 Å². The summed E-state index contributed by atoms with van der Waals surface area (Å²) in [5.74, 6) is 0.00380. The molecule has 3 atom stereocenters. The van der Waals surface area contributed by atoms with E-state index >= 15 is 0 Å². The van der Waals surface area contributed by atoms with Crippen molar-refractivity contribution in [1.82, 2.24) is 5.32 Å². The number of halogens is 1. The van der Waals surface area contributed by atoms with Gasteiger partial charge in [0.25, 0.3) is 0 Å². The molecule has 0 aromatic rings. The van der Waals surface area contributed by atoms with Gasteiger partial charge in [-0.05, 0) is 25.7 Å². The molecule has 0 aliphatic heterocycles. The summed E-state index contributed by atoms with van der Waals surface area (Å²) in [5, 5.41) is 3.03. The number of nitrogens with one attached hydrogen (secondary N) is 1. The molecule has 1 fully saturated rings. The van der Waals surface area contributed by atoms with E-state index in [0.717, 1.165) is 25.7 Å². The molecule has 3 unspecified atom stereocenters. The molecule has 0 aromatic carbocycles. The first kappa shape index (κ1) is 15.7. The summed E-state index contributed by atoms with van der Waals surface area (Å²) in [6.45, 7) is 2.35. The van der Waals surface area contributed by atoms with E-state index in [9.17, 15) is 4.79 Å². The van der Waals surface area contributed by atoms with Crippen molar-refractivity contribution in [2.75, 3.05) is 13.7 Å². The average Bonchev–Trinajstić information content (AvgIpc) is 2.18. The van der Waals surface area contributed by atoms with E-state index in [2.05, 4.69) is 5.32 Å². The van der Waals surface area contributed by atoms with Crippen LogP contribution in [-0.4, -0.2) is 31.7 Å². The number of carbonyl (C=O) groups is 1. The van der Waals surface area contributed by atoms with Gasteiger partial charge in [0.15, 0.2) is 0 Å². The lowest BCUT2D eigenvalue weighted by atomic mass is 9.91. The van der Waals surface area contributed by atoms with Crippen LogP contribution >= 0.6 is 12.4 Å². The average molecular weight is 251 g/mol. The predicted octanol–water partition coefficient (Wildman–Crippen LogP) is 1.08. The largest absolute Gasteiger partial charge is 0.384 e. The van der Waals surface area contributed by atoms with Gasteiger partial charge in [0.1, 0.15) is 0 Å². The molecule has 0 spiro atoms. The number of nitrogens with two attached hydrogens (primary N) is 1. The van der Waals surface area contributed by atoms with Gasteiger partial charge in [-0.2, -0.15) is 0 Å². The van der Waals surface area contributed by atoms with Gasteiger partial charge >= 0.3 is 0 Å². The summed E-state index contributed by atoms with van der Waals surface area (Å²) in [7, 11) is 1.61. The topological polar surface area (TPSA) is 64.3 Å². The smallest absolute Gasteiger partial charge is 0.225 e. The second-order valence-electron chi connectivity index (χ2n) is 4.49.